The van der Waals surface area contributed by atoms with Gasteiger partial charge in [-0.25, -0.2) is 0 Å². The second-order valence-corrected chi connectivity index (χ2v) is 3.25. The topological polar surface area (TPSA) is 21.3 Å². The highest BCUT2D eigenvalue weighted by Crippen LogP contribution is 2.28. The first-order valence-corrected chi connectivity index (χ1v) is 4.17. The van der Waals surface area contributed by atoms with Crippen LogP contribution in [-0.4, -0.2) is 12.6 Å². The van der Waals surface area contributed by atoms with Gasteiger partial charge in [0.2, 0.25) is 0 Å². The lowest BCUT2D eigenvalue weighted by Gasteiger charge is -2.35. The summed E-state index contributed by atoms with van der Waals surface area (Å²) in [6.45, 7) is 2.89. The molecule has 1 saturated carbocycles. The molecule has 1 N–H and O–H groups in total. The van der Waals surface area contributed by atoms with Crippen LogP contribution in [-0.2, 0) is 4.74 Å². The summed E-state index contributed by atoms with van der Waals surface area (Å²) in [7, 11) is 0. The molecule has 1 aliphatic carbocycles. The molecule has 1 saturated heterocycles. The van der Waals surface area contributed by atoms with Crippen LogP contribution in [0.1, 0.15) is 25.7 Å². The standard InChI is InChI=1S/C8H14NO/c1-2-4-8-7(3-1)5-9-6-10-8/h6-9H,1-5H2. The highest BCUT2D eigenvalue weighted by Gasteiger charge is 2.28. The Balaban J connectivity index is 1.93. The SMILES string of the molecule is [CH]1NCC2CCCCC2O1. The van der Waals surface area contributed by atoms with Gasteiger partial charge in [0.25, 0.3) is 0 Å². The van der Waals surface area contributed by atoms with Gasteiger partial charge in [0.15, 0.2) is 0 Å². The van der Waals surface area contributed by atoms with Gasteiger partial charge in [-0.05, 0) is 18.8 Å². The first kappa shape index (κ1) is 6.62. The van der Waals surface area contributed by atoms with Gasteiger partial charge in [0.05, 0.1) is 6.10 Å². The van der Waals surface area contributed by atoms with E-state index in [0.29, 0.717) is 6.10 Å². The molecule has 57 valence electrons. The van der Waals surface area contributed by atoms with E-state index in [9.17, 15) is 0 Å². The van der Waals surface area contributed by atoms with E-state index >= 15 is 0 Å². The summed E-state index contributed by atoms with van der Waals surface area (Å²) in [5, 5.41) is 3.14. The Labute approximate surface area is 61.9 Å². The number of hydrogen-bond donors (Lipinski definition) is 1. The fraction of sp³-hybridized carbons (Fsp3) is 0.875. The Morgan fingerprint density at radius 2 is 2.20 bits per heavy atom. The monoisotopic (exact) mass is 140 g/mol. The molecule has 0 amide bonds. The van der Waals surface area contributed by atoms with Crippen LogP contribution in [0.15, 0.2) is 0 Å². The van der Waals surface area contributed by atoms with E-state index in [2.05, 4.69) is 5.32 Å². The van der Waals surface area contributed by atoms with Gasteiger partial charge >= 0.3 is 0 Å². The summed E-state index contributed by atoms with van der Waals surface area (Å²) in [5.74, 6) is 0.791. The van der Waals surface area contributed by atoms with Crippen molar-refractivity contribution in [3.63, 3.8) is 0 Å². The van der Waals surface area contributed by atoms with Crippen molar-refractivity contribution in [2.75, 3.05) is 6.54 Å². The molecule has 1 heterocycles. The molecular weight excluding hydrogens is 126 g/mol. The normalized spacial score (nSPS) is 40.8. The van der Waals surface area contributed by atoms with Crippen molar-refractivity contribution in [3.8, 4) is 0 Å². The van der Waals surface area contributed by atoms with Gasteiger partial charge < -0.3 is 4.74 Å². The molecule has 2 heteroatoms. The number of rotatable bonds is 0. The van der Waals surface area contributed by atoms with Crippen molar-refractivity contribution in [1.82, 2.24) is 5.32 Å². The van der Waals surface area contributed by atoms with Gasteiger partial charge in [0.1, 0.15) is 6.73 Å². The van der Waals surface area contributed by atoms with Gasteiger partial charge in [-0.2, -0.15) is 0 Å². The fourth-order valence-corrected chi connectivity index (χ4v) is 1.92. The van der Waals surface area contributed by atoms with Gasteiger partial charge in [-0.3, -0.25) is 5.32 Å². The smallest absolute Gasteiger partial charge is 0.148 e. The minimum absolute atomic E-state index is 0.537. The summed E-state index contributed by atoms with van der Waals surface area (Å²) in [6, 6.07) is 0. The van der Waals surface area contributed by atoms with Crippen molar-refractivity contribution in [2.24, 2.45) is 5.92 Å². The molecule has 0 aromatic heterocycles. The molecule has 2 fully saturated rings. The number of nitrogens with one attached hydrogen (secondary N) is 1. The van der Waals surface area contributed by atoms with Crippen LogP contribution >= 0.6 is 0 Å². The number of hydrogen-bond acceptors (Lipinski definition) is 2. The van der Waals surface area contributed by atoms with E-state index in [1.807, 2.05) is 0 Å². The maximum absolute atomic E-state index is 5.45. The molecule has 0 aromatic carbocycles. The summed E-state index contributed by atoms with van der Waals surface area (Å²) in [5.41, 5.74) is 0. The summed E-state index contributed by atoms with van der Waals surface area (Å²) < 4.78 is 5.45. The summed E-state index contributed by atoms with van der Waals surface area (Å²) in [6.07, 6.45) is 5.91. The maximum atomic E-state index is 5.45. The maximum Gasteiger partial charge on any atom is 0.148 e. The molecule has 2 atom stereocenters. The lowest BCUT2D eigenvalue weighted by Crippen LogP contribution is -2.40. The molecule has 2 unspecified atom stereocenters. The fourth-order valence-electron chi connectivity index (χ4n) is 1.92. The van der Waals surface area contributed by atoms with Crippen LogP contribution in [0.25, 0.3) is 0 Å². The van der Waals surface area contributed by atoms with Crippen LogP contribution in [0.2, 0.25) is 0 Å². The minimum atomic E-state index is 0.537. The first-order valence-electron chi connectivity index (χ1n) is 4.17. The van der Waals surface area contributed by atoms with Crippen LogP contribution < -0.4 is 5.32 Å². The number of fused-ring (bicyclic) bond motifs is 1. The predicted octanol–water partition coefficient (Wildman–Crippen LogP) is 1.28. The minimum Gasteiger partial charge on any atom is -0.356 e. The predicted molar refractivity (Wildman–Crippen MR) is 39.1 cm³/mol. The zero-order chi connectivity index (χ0) is 6.81. The van der Waals surface area contributed by atoms with E-state index in [0.717, 1.165) is 12.5 Å². The number of ether oxygens (including phenoxy) is 1. The molecule has 1 radical (unpaired) electrons. The Kier molecular flexibility index (Phi) is 1.91. The average molecular weight is 140 g/mol. The third kappa shape index (κ3) is 1.18. The Hall–Kier alpha value is -0.0800. The quantitative estimate of drug-likeness (QED) is 0.547. The second kappa shape index (κ2) is 2.89. The van der Waals surface area contributed by atoms with Gasteiger partial charge in [-0.15, -0.1) is 0 Å². The van der Waals surface area contributed by atoms with Crippen molar-refractivity contribution < 1.29 is 4.74 Å². The van der Waals surface area contributed by atoms with Crippen molar-refractivity contribution in [2.45, 2.75) is 31.8 Å². The van der Waals surface area contributed by atoms with E-state index in [1.54, 1.807) is 6.73 Å². The summed E-state index contributed by atoms with van der Waals surface area (Å²) in [4.78, 5) is 0. The lowest BCUT2D eigenvalue weighted by molar-refractivity contribution is -0.0115. The van der Waals surface area contributed by atoms with E-state index in [-0.39, 0.29) is 0 Å². The van der Waals surface area contributed by atoms with Crippen LogP contribution in [0.3, 0.4) is 0 Å². The van der Waals surface area contributed by atoms with Crippen molar-refractivity contribution in [1.29, 1.82) is 0 Å². The Bertz CT molecular complexity index is 89.8. The van der Waals surface area contributed by atoms with Gasteiger partial charge in [-0.1, -0.05) is 12.8 Å². The zero-order valence-corrected chi connectivity index (χ0v) is 6.18. The third-order valence-electron chi connectivity index (χ3n) is 2.55. The molecule has 0 aromatic rings. The second-order valence-electron chi connectivity index (χ2n) is 3.25. The molecule has 10 heavy (non-hydrogen) atoms. The molecule has 0 bridgehead atoms. The average Bonchev–Trinajstić information content (AvgIpc) is 2.05. The molecular formula is C8H14NO. The van der Waals surface area contributed by atoms with Crippen molar-refractivity contribution in [3.05, 3.63) is 6.73 Å². The van der Waals surface area contributed by atoms with Crippen molar-refractivity contribution >= 4 is 0 Å². The molecule has 0 spiro atoms. The highest BCUT2D eigenvalue weighted by atomic mass is 16.5. The van der Waals surface area contributed by atoms with Crippen LogP contribution in [0.5, 0.6) is 0 Å². The van der Waals surface area contributed by atoms with E-state index in [4.69, 9.17) is 4.74 Å². The molecule has 2 aliphatic rings. The molecule has 2 nitrogen and oxygen atoms in total. The van der Waals surface area contributed by atoms with Crippen LogP contribution in [0.4, 0.5) is 0 Å². The van der Waals surface area contributed by atoms with Crippen LogP contribution in [0, 0.1) is 12.6 Å². The molecule has 2 rings (SSSR count). The van der Waals surface area contributed by atoms with Gasteiger partial charge in [0, 0.05) is 6.54 Å². The third-order valence-corrected chi connectivity index (χ3v) is 2.55. The van der Waals surface area contributed by atoms with E-state index in [1.165, 1.54) is 25.7 Å². The Morgan fingerprint density at radius 3 is 3.10 bits per heavy atom. The lowest BCUT2D eigenvalue weighted by atomic mass is 9.86. The Morgan fingerprint density at radius 1 is 1.30 bits per heavy atom. The zero-order valence-electron chi connectivity index (χ0n) is 6.18. The largest absolute Gasteiger partial charge is 0.356 e. The molecule has 1 aliphatic heterocycles. The first-order chi connectivity index (χ1) is 4.97. The summed E-state index contributed by atoms with van der Waals surface area (Å²) >= 11 is 0. The van der Waals surface area contributed by atoms with E-state index < -0.39 is 0 Å². The highest BCUT2D eigenvalue weighted by molar-refractivity contribution is 4.82.